The van der Waals surface area contributed by atoms with Crippen molar-refractivity contribution >= 4 is 5.57 Å². The lowest BCUT2D eigenvalue weighted by molar-refractivity contribution is 0.433. The normalized spacial score (nSPS) is 13.5. The maximum absolute atomic E-state index is 5.93. The monoisotopic (exact) mass is 222 g/mol. The highest BCUT2D eigenvalue weighted by molar-refractivity contribution is 5.85. The molecule has 0 fully saturated rings. The van der Waals surface area contributed by atoms with Gasteiger partial charge < -0.3 is 4.74 Å². The Hall–Kier alpha value is -2.02. The van der Waals surface area contributed by atoms with Crippen LogP contribution in [0.15, 0.2) is 54.3 Å². The largest absolute Gasteiger partial charge is 0.461 e. The lowest BCUT2D eigenvalue weighted by Gasteiger charge is -2.08. The maximum Gasteiger partial charge on any atom is 0.134 e. The summed E-state index contributed by atoms with van der Waals surface area (Å²) >= 11 is 0. The summed E-state index contributed by atoms with van der Waals surface area (Å²) in [6.45, 7) is 4.13. The Morgan fingerprint density at radius 3 is 2.06 bits per heavy atom. The molecule has 0 radical (unpaired) electrons. The minimum Gasteiger partial charge on any atom is -0.461 e. The first-order chi connectivity index (χ1) is 8.27. The van der Waals surface area contributed by atoms with Gasteiger partial charge in [-0.2, -0.15) is 0 Å². The summed E-state index contributed by atoms with van der Waals surface area (Å²) in [7, 11) is 0. The van der Waals surface area contributed by atoms with Crippen molar-refractivity contribution in [2.75, 3.05) is 0 Å². The van der Waals surface area contributed by atoms with E-state index in [2.05, 4.69) is 43.3 Å². The molecule has 0 saturated carbocycles. The van der Waals surface area contributed by atoms with Crippen LogP contribution in [0.1, 0.15) is 19.4 Å². The Kier molecular flexibility index (Phi) is 2.25. The molecule has 2 aromatic rings. The van der Waals surface area contributed by atoms with Gasteiger partial charge in [0.25, 0.3) is 0 Å². The zero-order chi connectivity index (χ0) is 11.8. The summed E-state index contributed by atoms with van der Waals surface area (Å²) in [6, 6.07) is 16.6. The van der Waals surface area contributed by atoms with Gasteiger partial charge in [0.15, 0.2) is 0 Å². The van der Waals surface area contributed by atoms with E-state index >= 15 is 0 Å². The van der Waals surface area contributed by atoms with E-state index in [9.17, 15) is 0 Å². The summed E-state index contributed by atoms with van der Waals surface area (Å²) in [5, 5.41) is 0. The summed E-state index contributed by atoms with van der Waals surface area (Å²) in [5.41, 5.74) is 4.88. The van der Waals surface area contributed by atoms with E-state index in [1.807, 2.05) is 19.1 Å². The SMILES string of the molecule is CC1=C(C)c2ccccc2-c2ccccc2O1. The highest BCUT2D eigenvalue weighted by atomic mass is 16.5. The molecule has 84 valence electrons. The second kappa shape index (κ2) is 3.77. The van der Waals surface area contributed by atoms with Gasteiger partial charge in [-0.1, -0.05) is 42.5 Å². The molecule has 0 aliphatic carbocycles. The van der Waals surface area contributed by atoms with E-state index in [4.69, 9.17) is 4.74 Å². The van der Waals surface area contributed by atoms with Gasteiger partial charge in [-0.3, -0.25) is 0 Å². The predicted octanol–water partition coefficient (Wildman–Crippen LogP) is 4.50. The van der Waals surface area contributed by atoms with Crippen molar-refractivity contribution in [2.45, 2.75) is 13.8 Å². The van der Waals surface area contributed by atoms with E-state index in [1.54, 1.807) is 0 Å². The second-order valence-electron chi connectivity index (χ2n) is 4.32. The van der Waals surface area contributed by atoms with Crippen molar-refractivity contribution in [1.29, 1.82) is 0 Å². The minimum absolute atomic E-state index is 0.939. The van der Waals surface area contributed by atoms with Crippen LogP contribution in [0.2, 0.25) is 0 Å². The molecule has 1 aliphatic rings. The number of benzene rings is 2. The quantitative estimate of drug-likeness (QED) is 0.637. The first kappa shape index (κ1) is 10.2. The molecule has 0 aromatic heterocycles. The topological polar surface area (TPSA) is 9.23 Å². The first-order valence-corrected chi connectivity index (χ1v) is 5.81. The van der Waals surface area contributed by atoms with Crippen LogP contribution in [-0.4, -0.2) is 0 Å². The Bertz CT molecular complexity index is 608. The predicted molar refractivity (Wildman–Crippen MR) is 70.8 cm³/mol. The molecule has 0 unspecified atom stereocenters. The third kappa shape index (κ3) is 1.55. The molecular formula is C16H14O. The fourth-order valence-electron chi connectivity index (χ4n) is 2.25. The minimum atomic E-state index is 0.939. The highest BCUT2D eigenvalue weighted by Gasteiger charge is 2.17. The van der Waals surface area contributed by atoms with Crippen molar-refractivity contribution < 1.29 is 4.74 Å². The van der Waals surface area contributed by atoms with Crippen molar-refractivity contribution in [3.63, 3.8) is 0 Å². The molecular weight excluding hydrogens is 208 g/mol. The van der Waals surface area contributed by atoms with Gasteiger partial charge in [0.05, 0.1) is 0 Å². The maximum atomic E-state index is 5.93. The Balaban J connectivity index is 2.38. The first-order valence-electron chi connectivity index (χ1n) is 5.81. The van der Waals surface area contributed by atoms with Crippen LogP contribution < -0.4 is 4.74 Å². The van der Waals surface area contributed by atoms with Crippen LogP contribution in [0.5, 0.6) is 5.75 Å². The van der Waals surface area contributed by atoms with E-state index < -0.39 is 0 Å². The van der Waals surface area contributed by atoms with Gasteiger partial charge in [-0.05, 0) is 36.6 Å². The van der Waals surface area contributed by atoms with Gasteiger partial charge in [0.2, 0.25) is 0 Å². The number of rotatable bonds is 0. The number of hydrogen-bond acceptors (Lipinski definition) is 1. The fourth-order valence-corrected chi connectivity index (χ4v) is 2.25. The van der Waals surface area contributed by atoms with Crippen molar-refractivity contribution in [3.8, 4) is 16.9 Å². The number of allylic oxidation sites excluding steroid dienone is 2. The Labute approximate surface area is 101 Å². The molecule has 2 aromatic carbocycles. The van der Waals surface area contributed by atoms with E-state index in [1.165, 1.54) is 22.3 Å². The van der Waals surface area contributed by atoms with Crippen molar-refractivity contribution in [3.05, 3.63) is 59.9 Å². The molecule has 17 heavy (non-hydrogen) atoms. The molecule has 0 bridgehead atoms. The average molecular weight is 222 g/mol. The number of fused-ring (bicyclic) bond motifs is 3. The summed E-state index contributed by atoms with van der Waals surface area (Å²) in [6.07, 6.45) is 0. The third-order valence-corrected chi connectivity index (χ3v) is 3.30. The van der Waals surface area contributed by atoms with Crippen LogP contribution in [0, 0.1) is 0 Å². The van der Waals surface area contributed by atoms with Crippen LogP contribution in [0.3, 0.4) is 0 Å². The smallest absolute Gasteiger partial charge is 0.134 e. The molecule has 0 saturated heterocycles. The summed E-state index contributed by atoms with van der Waals surface area (Å²) in [5.74, 6) is 1.91. The zero-order valence-electron chi connectivity index (χ0n) is 10.0. The van der Waals surface area contributed by atoms with E-state index in [-0.39, 0.29) is 0 Å². The van der Waals surface area contributed by atoms with Crippen molar-refractivity contribution in [1.82, 2.24) is 0 Å². The molecule has 1 heteroatoms. The van der Waals surface area contributed by atoms with Crippen LogP contribution in [0.4, 0.5) is 0 Å². The van der Waals surface area contributed by atoms with Gasteiger partial charge in [0.1, 0.15) is 11.5 Å². The second-order valence-corrected chi connectivity index (χ2v) is 4.32. The van der Waals surface area contributed by atoms with Crippen LogP contribution in [-0.2, 0) is 0 Å². The molecule has 0 N–H and O–H groups in total. The summed E-state index contributed by atoms with van der Waals surface area (Å²) < 4.78 is 5.93. The number of ether oxygens (including phenoxy) is 1. The molecule has 1 nitrogen and oxygen atoms in total. The van der Waals surface area contributed by atoms with Crippen LogP contribution in [0.25, 0.3) is 16.7 Å². The Morgan fingerprint density at radius 1 is 0.706 bits per heavy atom. The molecule has 1 aliphatic heterocycles. The molecule has 0 amide bonds. The van der Waals surface area contributed by atoms with Gasteiger partial charge in [-0.15, -0.1) is 0 Å². The lowest BCUT2D eigenvalue weighted by atomic mass is 9.95. The summed E-state index contributed by atoms with van der Waals surface area (Å²) in [4.78, 5) is 0. The molecule has 0 atom stereocenters. The number of hydrogen-bond donors (Lipinski definition) is 0. The lowest BCUT2D eigenvalue weighted by Crippen LogP contribution is -1.91. The van der Waals surface area contributed by atoms with E-state index in [0.29, 0.717) is 0 Å². The standard InChI is InChI=1S/C16H14O/c1-11-12(2)17-16-10-6-5-9-15(16)14-8-4-3-7-13(11)14/h3-10H,1-2H3. The molecule has 1 heterocycles. The van der Waals surface area contributed by atoms with Crippen molar-refractivity contribution in [2.24, 2.45) is 0 Å². The van der Waals surface area contributed by atoms with Gasteiger partial charge in [0, 0.05) is 5.56 Å². The van der Waals surface area contributed by atoms with Gasteiger partial charge in [-0.25, -0.2) is 0 Å². The van der Waals surface area contributed by atoms with Gasteiger partial charge >= 0.3 is 0 Å². The number of para-hydroxylation sites is 1. The highest BCUT2D eigenvalue weighted by Crippen LogP contribution is 2.39. The fraction of sp³-hybridized carbons (Fsp3) is 0.125. The molecule has 0 spiro atoms. The third-order valence-electron chi connectivity index (χ3n) is 3.30. The molecule has 3 rings (SSSR count). The Morgan fingerprint density at radius 2 is 1.29 bits per heavy atom. The van der Waals surface area contributed by atoms with Crippen LogP contribution >= 0.6 is 0 Å². The zero-order valence-corrected chi connectivity index (χ0v) is 10.0. The average Bonchev–Trinajstić information content (AvgIpc) is 2.48. The van der Waals surface area contributed by atoms with E-state index in [0.717, 1.165) is 11.5 Å².